The standard InChI is InChI=1S/C21H22F2N2O2/c1-13(2)19(24-20(26)18-16(22)8-5-9-17(18)23)21(27)25-11-10-14-6-3-4-7-15(14)12-25/h3-9,13,19H,10-12H2,1-2H3,(H,24,26)/t19-/m0/s1. The molecule has 0 unspecified atom stereocenters. The summed E-state index contributed by atoms with van der Waals surface area (Å²) in [4.78, 5) is 27.1. The summed E-state index contributed by atoms with van der Waals surface area (Å²) >= 11 is 0. The summed E-state index contributed by atoms with van der Waals surface area (Å²) in [5.41, 5.74) is 1.62. The van der Waals surface area contributed by atoms with Crippen molar-refractivity contribution in [2.75, 3.05) is 6.54 Å². The highest BCUT2D eigenvalue weighted by Gasteiger charge is 2.32. The van der Waals surface area contributed by atoms with Crippen LogP contribution in [0.5, 0.6) is 0 Å². The van der Waals surface area contributed by atoms with Gasteiger partial charge in [-0.25, -0.2) is 8.78 Å². The minimum absolute atomic E-state index is 0.228. The molecule has 1 N–H and O–H groups in total. The minimum Gasteiger partial charge on any atom is -0.340 e. The Bertz CT molecular complexity index is 847. The van der Waals surface area contributed by atoms with Crippen LogP contribution in [0.25, 0.3) is 0 Å². The van der Waals surface area contributed by atoms with Crippen LogP contribution in [0.1, 0.15) is 35.3 Å². The van der Waals surface area contributed by atoms with Gasteiger partial charge in [-0.05, 0) is 35.6 Å². The van der Waals surface area contributed by atoms with E-state index < -0.39 is 29.1 Å². The third-order valence-electron chi connectivity index (χ3n) is 4.85. The van der Waals surface area contributed by atoms with Crippen molar-refractivity contribution in [3.8, 4) is 0 Å². The molecule has 0 saturated heterocycles. The number of carbonyl (C=O) groups is 2. The van der Waals surface area contributed by atoms with Gasteiger partial charge in [0.2, 0.25) is 5.91 Å². The zero-order valence-corrected chi connectivity index (χ0v) is 15.3. The molecule has 4 nitrogen and oxygen atoms in total. The molecule has 1 aliphatic heterocycles. The Kier molecular flexibility index (Phi) is 5.54. The Balaban J connectivity index is 1.78. The first-order valence-electron chi connectivity index (χ1n) is 8.99. The van der Waals surface area contributed by atoms with Crippen molar-refractivity contribution in [2.24, 2.45) is 5.92 Å². The monoisotopic (exact) mass is 372 g/mol. The van der Waals surface area contributed by atoms with Crippen LogP contribution in [0.2, 0.25) is 0 Å². The molecule has 27 heavy (non-hydrogen) atoms. The van der Waals surface area contributed by atoms with Gasteiger partial charge in [0.1, 0.15) is 23.2 Å². The molecule has 0 saturated carbocycles. The number of rotatable bonds is 4. The quantitative estimate of drug-likeness (QED) is 0.895. The van der Waals surface area contributed by atoms with Gasteiger partial charge in [0, 0.05) is 13.1 Å². The first-order valence-corrected chi connectivity index (χ1v) is 8.99. The fourth-order valence-corrected chi connectivity index (χ4v) is 3.32. The topological polar surface area (TPSA) is 49.4 Å². The number of nitrogens with one attached hydrogen (secondary N) is 1. The van der Waals surface area contributed by atoms with Crippen LogP contribution in [0.4, 0.5) is 8.78 Å². The number of carbonyl (C=O) groups excluding carboxylic acids is 2. The fourth-order valence-electron chi connectivity index (χ4n) is 3.32. The molecule has 6 heteroatoms. The van der Waals surface area contributed by atoms with Crippen LogP contribution in [-0.2, 0) is 17.8 Å². The Labute approximate surface area is 157 Å². The normalized spacial score (nSPS) is 14.6. The molecule has 0 bridgehead atoms. The molecule has 1 atom stereocenters. The molecular weight excluding hydrogens is 350 g/mol. The van der Waals surface area contributed by atoms with Crippen molar-refractivity contribution in [2.45, 2.75) is 32.9 Å². The van der Waals surface area contributed by atoms with E-state index in [-0.39, 0.29) is 11.8 Å². The smallest absolute Gasteiger partial charge is 0.257 e. The highest BCUT2D eigenvalue weighted by molar-refractivity contribution is 5.98. The maximum Gasteiger partial charge on any atom is 0.257 e. The second kappa shape index (κ2) is 7.86. The van der Waals surface area contributed by atoms with Gasteiger partial charge in [0.05, 0.1) is 0 Å². The molecule has 2 aromatic rings. The first-order chi connectivity index (χ1) is 12.9. The fraction of sp³-hybridized carbons (Fsp3) is 0.333. The van der Waals surface area contributed by atoms with E-state index in [0.29, 0.717) is 13.1 Å². The van der Waals surface area contributed by atoms with Crippen molar-refractivity contribution in [1.29, 1.82) is 0 Å². The van der Waals surface area contributed by atoms with Crippen LogP contribution in [-0.4, -0.2) is 29.3 Å². The van der Waals surface area contributed by atoms with Crippen molar-refractivity contribution in [3.05, 3.63) is 70.8 Å². The largest absolute Gasteiger partial charge is 0.340 e. The summed E-state index contributed by atoms with van der Waals surface area (Å²) in [6.07, 6.45) is 0.739. The van der Waals surface area contributed by atoms with Gasteiger partial charge in [-0.2, -0.15) is 0 Å². The number of hydrogen-bond acceptors (Lipinski definition) is 2. The zero-order valence-electron chi connectivity index (χ0n) is 15.3. The van der Waals surface area contributed by atoms with Crippen LogP contribution in [0, 0.1) is 17.6 Å². The van der Waals surface area contributed by atoms with Gasteiger partial charge in [0.15, 0.2) is 0 Å². The van der Waals surface area contributed by atoms with E-state index in [1.165, 1.54) is 11.6 Å². The van der Waals surface area contributed by atoms with Crippen LogP contribution in [0.15, 0.2) is 42.5 Å². The lowest BCUT2D eigenvalue weighted by atomic mass is 9.97. The average Bonchev–Trinajstić information content (AvgIpc) is 2.64. The molecule has 3 rings (SSSR count). The second-order valence-corrected chi connectivity index (χ2v) is 7.07. The SMILES string of the molecule is CC(C)[C@H](NC(=O)c1c(F)cccc1F)C(=O)N1CCc2ccccc2C1. The predicted octanol–water partition coefficient (Wildman–Crippen LogP) is 3.30. The molecule has 0 fully saturated rings. The lowest BCUT2D eigenvalue weighted by molar-refractivity contribution is -0.135. The van der Waals surface area contributed by atoms with Gasteiger partial charge < -0.3 is 10.2 Å². The van der Waals surface area contributed by atoms with Gasteiger partial charge in [-0.1, -0.05) is 44.2 Å². The summed E-state index contributed by atoms with van der Waals surface area (Å²) in [5, 5.41) is 2.53. The Hall–Kier alpha value is -2.76. The number of fused-ring (bicyclic) bond motifs is 1. The average molecular weight is 372 g/mol. The number of amides is 2. The minimum atomic E-state index is -0.950. The first kappa shape index (κ1) is 19.0. The molecule has 1 heterocycles. The van der Waals surface area contributed by atoms with Gasteiger partial charge in [0.25, 0.3) is 5.91 Å². The summed E-state index contributed by atoms with van der Waals surface area (Å²) in [7, 11) is 0. The van der Waals surface area contributed by atoms with Crippen molar-refractivity contribution < 1.29 is 18.4 Å². The van der Waals surface area contributed by atoms with E-state index in [9.17, 15) is 18.4 Å². The predicted molar refractivity (Wildman–Crippen MR) is 98.0 cm³/mol. The summed E-state index contributed by atoms with van der Waals surface area (Å²) in [5.74, 6) is -3.29. The molecule has 0 aromatic heterocycles. The summed E-state index contributed by atoms with van der Waals surface area (Å²) in [6, 6.07) is 10.3. The molecule has 0 radical (unpaired) electrons. The van der Waals surface area contributed by atoms with Crippen LogP contribution < -0.4 is 5.32 Å². The molecule has 142 valence electrons. The summed E-state index contributed by atoms with van der Waals surface area (Å²) < 4.78 is 27.8. The maximum absolute atomic E-state index is 13.9. The van der Waals surface area contributed by atoms with Crippen LogP contribution in [0.3, 0.4) is 0 Å². The number of benzene rings is 2. The van der Waals surface area contributed by atoms with Gasteiger partial charge >= 0.3 is 0 Å². The maximum atomic E-state index is 13.9. The van der Waals surface area contributed by atoms with Crippen molar-refractivity contribution in [1.82, 2.24) is 10.2 Å². The third-order valence-corrected chi connectivity index (χ3v) is 4.85. The van der Waals surface area contributed by atoms with E-state index in [1.54, 1.807) is 18.7 Å². The molecule has 0 aliphatic carbocycles. The number of nitrogens with zero attached hydrogens (tertiary/aromatic N) is 1. The van der Waals surface area contributed by atoms with E-state index in [2.05, 4.69) is 5.32 Å². The number of hydrogen-bond donors (Lipinski definition) is 1. The Morgan fingerprint density at radius 2 is 1.63 bits per heavy atom. The molecule has 1 aliphatic rings. The summed E-state index contributed by atoms with van der Waals surface area (Å²) in [6.45, 7) is 4.59. The lowest BCUT2D eigenvalue weighted by Gasteiger charge is -2.33. The number of halogens is 2. The zero-order chi connectivity index (χ0) is 19.6. The van der Waals surface area contributed by atoms with Gasteiger partial charge in [-0.3, -0.25) is 9.59 Å². The van der Waals surface area contributed by atoms with E-state index in [0.717, 1.165) is 24.1 Å². The van der Waals surface area contributed by atoms with E-state index >= 15 is 0 Å². The van der Waals surface area contributed by atoms with Gasteiger partial charge in [-0.15, -0.1) is 0 Å². The highest BCUT2D eigenvalue weighted by atomic mass is 19.1. The second-order valence-electron chi connectivity index (χ2n) is 7.07. The lowest BCUT2D eigenvalue weighted by Crippen LogP contribution is -2.52. The molecule has 0 spiro atoms. The van der Waals surface area contributed by atoms with E-state index in [1.807, 2.05) is 24.3 Å². The molecule has 2 amide bonds. The molecule has 2 aromatic carbocycles. The van der Waals surface area contributed by atoms with Crippen LogP contribution >= 0.6 is 0 Å². The van der Waals surface area contributed by atoms with Crippen molar-refractivity contribution >= 4 is 11.8 Å². The Morgan fingerprint density at radius 3 is 2.26 bits per heavy atom. The Morgan fingerprint density at radius 1 is 1.00 bits per heavy atom. The third kappa shape index (κ3) is 3.99. The molecular formula is C21H22F2N2O2. The van der Waals surface area contributed by atoms with E-state index in [4.69, 9.17) is 0 Å². The highest BCUT2D eigenvalue weighted by Crippen LogP contribution is 2.21. The van der Waals surface area contributed by atoms with Crippen molar-refractivity contribution in [3.63, 3.8) is 0 Å².